The quantitative estimate of drug-likeness (QED) is 0.797. The van der Waals surface area contributed by atoms with Crippen LogP contribution in [0.5, 0.6) is 0 Å². The molecule has 0 aliphatic heterocycles. The average Bonchev–Trinajstić information content (AvgIpc) is 2.95. The maximum absolute atomic E-state index is 12.0. The van der Waals surface area contributed by atoms with Crippen molar-refractivity contribution in [3.63, 3.8) is 0 Å². The summed E-state index contributed by atoms with van der Waals surface area (Å²) < 4.78 is 5.47. The van der Waals surface area contributed by atoms with Crippen LogP contribution in [0.4, 0.5) is 5.69 Å². The van der Waals surface area contributed by atoms with Crippen molar-refractivity contribution in [1.82, 2.24) is 15.0 Å². The predicted molar refractivity (Wildman–Crippen MR) is 76.7 cm³/mol. The highest BCUT2D eigenvalue weighted by molar-refractivity contribution is 6.02. The molecule has 1 N–H and O–H groups in total. The number of benzene rings is 1. The molecule has 2 heterocycles. The topological polar surface area (TPSA) is 80.9 Å². The van der Waals surface area contributed by atoms with E-state index in [4.69, 9.17) is 4.42 Å². The van der Waals surface area contributed by atoms with Crippen LogP contribution in [-0.4, -0.2) is 20.9 Å². The molecule has 0 saturated carbocycles. The molecule has 3 aromatic rings. The Kier molecular flexibility index (Phi) is 3.42. The Hall–Kier alpha value is -3.02. The summed E-state index contributed by atoms with van der Waals surface area (Å²) in [5, 5.41) is 2.76. The molecule has 6 heteroatoms. The second-order valence-corrected chi connectivity index (χ2v) is 4.40. The van der Waals surface area contributed by atoms with Crippen molar-refractivity contribution >= 4 is 11.6 Å². The minimum Gasteiger partial charge on any atom is -0.441 e. The number of carbonyl (C=O) groups is 1. The lowest BCUT2D eigenvalue weighted by Crippen LogP contribution is -2.13. The number of anilines is 1. The lowest BCUT2D eigenvalue weighted by molar-refractivity contribution is 0.102. The molecule has 0 saturated heterocycles. The highest BCUT2D eigenvalue weighted by Gasteiger charge is 2.09. The molecule has 2 aromatic heterocycles. The van der Waals surface area contributed by atoms with Gasteiger partial charge in [-0.15, -0.1) is 0 Å². The SMILES string of the molecule is Cc1cnc(-c2cccc(NC(=O)c3cnccn3)c2)o1. The number of carbonyl (C=O) groups excluding carboxylic acids is 1. The van der Waals surface area contributed by atoms with Gasteiger partial charge in [-0.2, -0.15) is 0 Å². The van der Waals surface area contributed by atoms with E-state index in [9.17, 15) is 4.79 Å². The Morgan fingerprint density at radius 1 is 1.19 bits per heavy atom. The zero-order chi connectivity index (χ0) is 14.7. The average molecular weight is 280 g/mol. The largest absolute Gasteiger partial charge is 0.441 e. The van der Waals surface area contributed by atoms with Crippen molar-refractivity contribution in [2.75, 3.05) is 5.32 Å². The van der Waals surface area contributed by atoms with Crippen LogP contribution in [0.15, 0.2) is 53.5 Å². The lowest BCUT2D eigenvalue weighted by Gasteiger charge is -2.05. The number of amides is 1. The van der Waals surface area contributed by atoms with Gasteiger partial charge in [0.15, 0.2) is 0 Å². The first-order valence-corrected chi connectivity index (χ1v) is 6.32. The zero-order valence-electron chi connectivity index (χ0n) is 11.3. The van der Waals surface area contributed by atoms with E-state index < -0.39 is 0 Å². The molecule has 0 aliphatic rings. The number of hydrogen-bond donors (Lipinski definition) is 1. The second kappa shape index (κ2) is 5.54. The molecular weight excluding hydrogens is 268 g/mol. The Bertz CT molecular complexity index is 768. The summed E-state index contributed by atoms with van der Waals surface area (Å²) in [6, 6.07) is 7.26. The minimum atomic E-state index is -0.316. The standard InChI is InChI=1S/C15H12N4O2/c1-10-8-18-15(21-10)11-3-2-4-12(7-11)19-14(20)13-9-16-5-6-17-13/h2-9H,1H3,(H,19,20). The fraction of sp³-hybridized carbons (Fsp3) is 0.0667. The van der Waals surface area contributed by atoms with E-state index in [1.54, 1.807) is 18.3 Å². The van der Waals surface area contributed by atoms with Crippen molar-refractivity contribution in [2.24, 2.45) is 0 Å². The van der Waals surface area contributed by atoms with Crippen LogP contribution in [0.3, 0.4) is 0 Å². The smallest absolute Gasteiger partial charge is 0.275 e. The maximum atomic E-state index is 12.0. The minimum absolute atomic E-state index is 0.259. The molecule has 0 atom stereocenters. The van der Waals surface area contributed by atoms with Crippen LogP contribution in [0.2, 0.25) is 0 Å². The highest BCUT2D eigenvalue weighted by atomic mass is 16.4. The normalized spacial score (nSPS) is 10.3. The van der Waals surface area contributed by atoms with E-state index in [-0.39, 0.29) is 11.6 Å². The van der Waals surface area contributed by atoms with Crippen molar-refractivity contribution in [2.45, 2.75) is 6.92 Å². The van der Waals surface area contributed by atoms with Gasteiger partial charge < -0.3 is 9.73 Å². The van der Waals surface area contributed by atoms with E-state index in [1.165, 1.54) is 18.6 Å². The van der Waals surface area contributed by atoms with Gasteiger partial charge in [-0.1, -0.05) is 6.07 Å². The van der Waals surface area contributed by atoms with E-state index in [2.05, 4.69) is 20.3 Å². The van der Waals surface area contributed by atoms with E-state index in [0.29, 0.717) is 11.6 Å². The number of rotatable bonds is 3. The fourth-order valence-corrected chi connectivity index (χ4v) is 1.83. The van der Waals surface area contributed by atoms with Gasteiger partial charge in [0.1, 0.15) is 11.5 Å². The summed E-state index contributed by atoms with van der Waals surface area (Å²) in [6.07, 6.45) is 6.06. The molecule has 3 rings (SSSR count). The Morgan fingerprint density at radius 3 is 2.81 bits per heavy atom. The van der Waals surface area contributed by atoms with Gasteiger partial charge in [0.25, 0.3) is 5.91 Å². The van der Waals surface area contributed by atoms with Crippen molar-refractivity contribution < 1.29 is 9.21 Å². The second-order valence-electron chi connectivity index (χ2n) is 4.40. The summed E-state index contributed by atoms with van der Waals surface area (Å²) in [7, 11) is 0. The summed E-state index contributed by atoms with van der Waals surface area (Å²) in [5.41, 5.74) is 1.69. The molecule has 1 amide bonds. The lowest BCUT2D eigenvalue weighted by atomic mass is 10.2. The predicted octanol–water partition coefficient (Wildman–Crippen LogP) is 2.69. The molecule has 0 aliphatic carbocycles. The van der Waals surface area contributed by atoms with Crippen LogP contribution in [0.25, 0.3) is 11.5 Å². The Morgan fingerprint density at radius 2 is 2.10 bits per heavy atom. The van der Waals surface area contributed by atoms with Gasteiger partial charge in [-0.25, -0.2) is 9.97 Å². The van der Waals surface area contributed by atoms with Crippen LogP contribution in [0.1, 0.15) is 16.2 Å². The molecule has 0 spiro atoms. The van der Waals surface area contributed by atoms with Gasteiger partial charge >= 0.3 is 0 Å². The summed E-state index contributed by atoms with van der Waals surface area (Å²) >= 11 is 0. The number of oxazole rings is 1. The molecule has 6 nitrogen and oxygen atoms in total. The summed E-state index contributed by atoms with van der Waals surface area (Å²) in [4.78, 5) is 24.0. The van der Waals surface area contributed by atoms with E-state index in [1.807, 2.05) is 19.1 Å². The maximum Gasteiger partial charge on any atom is 0.275 e. The monoisotopic (exact) mass is 280 g/mol. The number of aromatic nitrogens is 3. The third-order valence-corrected chi connectivity index (χ3v) is 2.78. The first kappa shape index (κ1) is 13.0. The highest BCUT2D eigenvalue weighted by Crippen LogP contribution is 2.22. The Labute approximate surface area is 120 Å². The van der Waals surface area contributed by atoms with Gasteiger partial charge in [-0.05, 0) is 25.1 Å². The van der Waals surface area contributed by atoms with Crippen LogP contribution >= 0.6 is 0 Å². The van der Waals surface area contributed by atoms with Gasteiger partial charge in [0.2, 0.25) is 5.89 Å². The van der Waals surface area contributed by atoms with Crippen molar-refractivity contribution in [3.05, 3.63) is 60.5 Å². The summed E-state index contributed by atoms with van der Waals surface area (Å²) in [6.45, 7) is 1.83. The zero-order valence-corrected chi connectivity index (χ0v) is 11.3. The van der Waals surface area contributed by atoms with Gasteiger partial charge in [-0.3, -0.25) is 9.78 Å². The number of hydrogen-bond acceptors (Lipinski definition) is 5. The van der Waals surface area contributed by atoms with Crippen LogP contribution in [0, 0.1) is 6.92 Å². The van der Waals surface area contributed by atoms with E-state index >= 15 is 0 Å². The van der Waals surface area contributed by atoms with Gasteiger partial charge in [0, 0.05) is 23.6 Å². The van der Waals surface area contributed by atoms with Crippen molar-refractivity contribution in [1.29, 1.82) is 0 Å². The third kappa shape index (κ3) is 2.94. The molecule has 1 aromatic carbocycles. The van der Waals surface area contributed by atoms with Crippen LogP contribution < -0.4 is 5.32 Å². The first-order valence-electron chi connectivity index (χ1n) is 6.32. The third-order valence-electron chi connectivity index (χ3n) is 2.78. The molecule has 0 bridgehead atoms. The van der Waals surface area contributed by atoms with Gasteiger partial charge in [0.05, 0.1) is 12.4 Å². The number of nitrogens with zero attached hydrogens (tertiary/aromatic N) is 3. The molecule has 0 unspecified atom stereocenters. The van der Waals surface area contributed by atoms with Crippen molar-refractivity contribution in [3.8, 4) is 11.5 Å². The fourth-order valence-electron chi connectivity index (χ4n) is 1.83. The molecule has 21 heavy (non-hydrogen) atoms. The Balaban J connectivity index is 1.82. The van der Waals surface area contributed by atoms with Crippen LogP contribution in [-0.2, 0) is 0 Å². The van der Waals surface area contributed by atoms with E-state index in [0.717, 1.165) is 11.3 Å². The molecule has 104 valence electrons. The first-order chi connectivity index (χ1) is 10.2. The number of aryl methyl sites for hydroxylation is 1. The summed E-state index contributed by atoms with van der Waals surface area (Å²) in [5.74, 6) is 0.936. The number of nitrogens with one attached hydrogen (secondary N) is 1. The molecule has 0 fully saturated rings. The molecule has 0 radical (unpaired) electrons. The molecular formula is C15H12N4O2.